The van der Waals surface area contributed by atoms with Crippen molar-refractivity contribution in [1.82, 2.24) is 15.0 Å². The van der Waals surface area contributed by atoms with Crippen LogP contribution in [0.2, 0.25) is 0 Å². The highest BCUT2D eigenvalue weighted by atomic mass is 19.1. The Labute approximate surface area is 143 Å². The molecule has 130 valence electrons. The second-order valence-electron chi connectivity index (χ2n) is 5.99. The SMILES string of the molecule is CCNc1ncc(F)c(Nc2ccc3c(n2)NC(=O)C2(CCC2)O3)n1. The van der Waals surface area contributed by atoms with E-state index in [0.29, 0.717) is 42.7 Å². The number of ether oxygens (including phenoxy) is 1. The minimum Gasteiger partial charge on any atom is -0.474 e. The van der Waals surface area contributed by atoms with E-state index in [-0.39, 0.29) is 11.7 Å². The Morgan fingerprint density at radius 1 is 1.36 bits per heavy atom. The zero-order chi connectivity index (χ0) is 17.4. The Morgan fingerprint density at radius 3 is 2.92 bits per heavy atom. The zero-order valence-electron chi connectivity index (χ0n) is 13.6. The van der Waals surface area contributed by atoms with Crippen LogP contribution in [0.15, 0.2) is 18.3 Å². The molecule has 3 heterocycles. The van der Waals surface area contributed by atoms with Crippen molar-refractivity contribution >= 4 is 29.3 Å². The normalized spacial score (nSPS) is 17.1. The Hall–Kier alpha value is -2.97. The average Bonchev–Trinajstić information content (AvgIpc) is 2.56. The molecule has 0 saturated heterocycles. The van der Waals surface area contributed by atoms with E-state index in [4.69, 9.17) is 4.74 Å². The molecule has 0 unspecified atom stereocenters. The first kappa shape index (κ1) is 15.6. The van der Waals surface area contributed by atoms with Crippen molar-refractivity contribution < 1.29 is 13.9 Å². The summed E-state index contributed by atoms with van der Waals surface area (Å²) in [6.45, 7) is 2.51. The third kappa shape index (κ3) is 2.71. The summed E-state index contributed by atoms with van der Waals surface area (Å²) in [4.78, 5) is 24.4. The van der Waals surface area contributed by atoms with Crippen LogP contribution in [0.3, 0.4) is 0 Å². The van der Waals surface area contributed by atoms with E-state index in [0.717, 1.165) is 12.6 Å². The molecule has 8 nitrogen and oxygen atoms in total. The summed E-state index contributed by atoms with van der Waals surface area (Å²) in [5.74, 6) is 0.695. The Balaban J connectivity index is 1.58. The molecule has 0 atom stereocenters. The van der Waals surface area contributed by atoms with Crippen LogP contribution in [-0.4, -0.2) is 33.0 Å². The van der Waals surface area contributed by atoms with E-state index < -0.39 is 11.4 Å². The molecule has 1 aliphatic heterocycles. The van der Waals surface area contributed by atoms with Crippen molar-refractivity contribution in [1.29, 1.82) is 0 Å². The van der Waals surface area contributed by atoms with Crippen molar-refractivity contribution in [3.63, 3.8) is 0 Å². The molecular weight excluding hydrogens is 327 g/mol. The maximum Gasteiger partial charge on any atom is 0.269 e. The number of anilines is 4. The first-order chi connectivity index (χ1) is 12.1. The quantitative estimate of drug-likeness (QED) is 0.783. The number of carbonyl (C=O) groups excluding carboxylic acids is 1. The highest BCUT2D eigenvalue weighted by molar-refractivity contribution is 6.00. The van der Waals surface area contributed by atoms with Gasteiger partial charge in [-0.05, 0) is 38.3 Å². The van der Waals surface area contributed by atoms with Crippen molar-refractivity contribution in [2.75, 3.05) is 22.5 Å². The first-order valence-electron chi connectivity index (χ1n) is 8.14. The maximum absolute atomic E-state index is 13.9. The molecule has 2 aliphatic rings. The molecule has 3 N–H and O–H groups in total. The summed E-state index contributed by atoms with van der Waals surface area (Å²) < 4.78 is 19.7. The van der Waals surface area contributed by atoms with Crippen LogP contribution in [0.5, 0.6) is 5.75 Å². The molecule has 1 fully saturated rings. The number of hydrogen-bond donors (Lipinski definition) is 3. The van der Waals surface area contributed by atoms with Gasteiger partial charge in [-0.15, -0.1) is 0 Å². The molecule has 25 heavy (non-hydrogen) atoms. The molecule has 2 aromatic heterocycles. The number of carbonyl (C=O) groups is 1. The third-order valence-corrected chi connectivity index (χ3v) is 4.30. The molecule has 1 amide bonds. The molecule has 1 aliphatic carbocycles. The van der Waals surface area contributed by atoms with E-state index in [1.807, 2.05) is 6.92 Å². The summed E-state index contributed by atoms with van der Waals surface area (Å²) in [6, 6.07) is 3.35. The van der Waals surface area contributed by atoms with E-state index in [9.17, 15) is 9.18 Å². The highest BCUT2D eigenvalue weighted by Gasteiger charge is 2.49. The Morgan fingerprint density at radius 2 is 2.20 bits per heavy atom. The van der Waals surface area contributed by atoms with Crippen LogP contribution >= 0.6 is 0 Å². The van der Waals surface area contributed by atoms with E-state index in [2.05, 4.69) is 30.9 Å². The minimum atomic E-state index is -0.747. The lowest BCUT2D eigenvalue weighted by molar-refractivity contribution is -0.140. The van der Waals surface area contributed by atoms with Crippen molar-refractivity contribution in [3.8, 4) is 5.75 Å². The number of rotatable bonds is 4. The largest absolute Gasteiger partial charge is 0.474 e. The highest BCUT2D eigenvalue weighted by Crippen LogP contribution is 2.43. The number of hydrogen-bond acceptors (Lipinski definition) is 7. The van der Waals surface area contributed by atoms with Gasteiger partial charge in [-0.1, -0.05) is 0 Å². The van der Waals surface area contributed by atoms with Crippen molar-refractivity contribution in [2.24, 2.45) is 0 Å². The van der Waals surface area contributed by atoms with Gasteiger partial charge in [0.2, 0.25) is 5.95 Å². The van der Waals surface area contributed by atoms with Gasteiger partial charge in [0, 0.05) is 6.54 Å². The minimum absolute atomic E-state index is 0.00285. The first-order valence-corrected chi connectivity index (χ1v) is 8.14. The second kappa shape index (κ2) is 5.83. The van der Waals surface area contributed by atoms with E-state index >= 15 is 0 Å². The number of nitrogens with one attached hydrogen (secondary N) is 3. The molecule has 1 spiro atoms. The number of fused-ring (bicyclic) bond motifs is 1. The number of nitrogens with zero attached hydrogens (tertiary/aromatic N) is 3. The van der Waals surface area contributed by atoms with Gasteiger partial charge in [0.15, 0.2) is 28.8 Å². The van der Waals surface area contributed by atoms with Gasteiger partial charge < -0.3 is 20.7 Å². The summed E-state index contributed by atoms with van der Waals surface area (Å²) in [7, 11) is 0. The molecule has 1 saturated carbocycles. The fourth-order valence-corrected chi connectivity index (χ4v) is 2.81. The van der Waals surface area contributed by atoms with Gasteiger partial charge in [0.1, 0.15) is 5.82 Å². The summed E-state index contributed by atoms with van der Waals surface area (Å²) in [5, 5.41) is 8.48. The van der Waals surface area contributed by atoms with Gasteiger partial charge in [0.25, 0.3) is 5.91 Å². The smallest absolute Gasteiger partial charge is 0.269 e. The lowest BCUT2D eigenvalue weighted by Crippen LogP contribution is -2.55. The van der Waals surface area contributed by atoms with Crippen LogP contribution in [0.1, 0.15) is 26.2 Å². The van der Waals surface area contributed by atoms with Crippen molar-refractivity contribution in [2.45, 2.75) is 31.8 Å². The molecule has 0 radical (unpaired) electrons. The molecule has 2 aromatic rings. The number of amides is 1. The molecule has 0 bridgehead atoms. The Kier molecular flexibility index (Phi) is 3.63. The number of aromatic nitrogens is 3. The van der Waals surface area contributed by atoms with Gasteiger partial charge >= 0.3 is 0 Å². The van der Waals surface area contributed by atoms with Gasteiger partial charge in [0.05, 0.1) is 6.20 Å². The summed E-state index contributed by atoms with van der Waals surface area (Å²) >= 11 is 0. The standard InChI is InChI=1S/C16H17FN6O2/c1-2-18-15-19-8-9(17)12(23-15)20-11-5-4-10-13(21-11)22-14(24)16(25-10)6-3-7-16/h4-5,8H,2-3,6-7H2,1H3,(H3,18,19,20,21,22,23,24). The van der Waals surface area contributed by atoms with Crippen LogP contribution < -0.4 is 20.7 Å². The summed E-state index contributed by atoms with van der Waals surface area (Å²) in [6.07, 6.45) is 3.46. The number of halogens is 1. The summed E-state index contributed by atoms with van der Waals surface area (Å²) in [5.41, 5.74) is -0.747. The number of pyridine rings is 1. The Bertz CT molecular complexity index is 839. The van der Waals surface area contributed by atoms with Gasteiger partial charge in [-0.2, -0.15) is 4.98 Å². The maximum atomic E-state index is 13.9. The molecule has 0 aromatic carbocycles. The van der Waals surface area contributed by atoms with E-state index in [1.54, 1.807) is 12.1 Å². The average molecular weight is 344 g/mol. The van der Waals surface area contributed by atoms with Gasteiger partial charge in [-0.3, -0.25) is 4.79 Å². The van der Waals surface area contributed by atoms with Crippen LogP contribution in [0, 0.1) is 5.82 Å². The third-order valence-electron chi connectivity index (χ3n) is 4.30. The zero-order valence-corrected chi connectivity index (χ0v) is 13.6. The monoisotopic (exact) mass is 344 g/mol. The van der Waals surface area contributed by atoms with Crippen LogP contribution in [-0.2, 0) is 4.79 Å². The lowest BCUT2D eigenvalue weighted by Gasteiger charge is -2.42. The van der Waals surface area contributed by atoms with Crippen molar-refractivity contribution in [3.05, 3.63) is 24.1 Å². The fourth-order valence-electron chi connectivity index (χ4n) is 2.81. The van der Waals surface area contributed by atoms with E-state index in [1.165, 1.54) is 0 Å². The van der Waals surface area contributed by atoms with Gasteiger partial charge in [-0.25, -0.2) is 14.4 Å². The van der Waals surface area contributed by atoms with Crippen LogP contribution in [0.4, 0.5) is 27.8 Å². The molecule has 4 rings (SSSR count). The topological polar surface area (TPSA) is 101 Å². The second-order valence-corrected chi connectivity index (χ2v) is 5.99. The molecular formula is C16H17FN6O2. The van der Waals surface area contributed by atoms with Crippen LogP contribution in [0.25, 0.3) is 0 Å². The lowest BCUT2D eigenvalue weighted by atomic mass is 9.78. The predicted molar refractivity (Wildman–Crippen MR) is 89.5 cm³/mol. The molecule has 9 heteroatoms. The predicted octanol–water partition coefficient (Wildman–Crippen LogP) is 2.44. The fraction of sp³-hybridized carbons (Fsp3) is 0.375.